The molecule has 0 bridgehead atoms. The molecule has 0 aliphatic rings. The van der Waals surface area contributed by atoms with Crippen molar-refractivity contribution in [2.45, 2.75) is 64.3 Å². The molecule has 0 aliphatic carbocycles. The van der Waals surface area contributed by atoms with Crippen molar-refractivity contribution >= 4 is 24.2 Å². The van der Waals surface area contributed by atoms with Gasteiger partial charge in [0.25, 0.3) is 0 Å². The highest BCUT2D eigenvalue weighted by atomic mass is 79.9. The van der Waals surface area contributed by atoms with Crippen LogP contribution >= 0.6 is 15.9 Å². The summed E-state index contributed by atoms with van der Waals surface area (Å²) < 4.78 is 20.8. The molecule has 1 atom stereocenters. The van der Waals surface area contributed by atoms with Crippen molar-refractivity contribution in [1.29, 1.82) is 0 Å². The fourth-order valence-electron chi connectivity index (χ4n) is 2.95. The first-order valence-corrected chi connectivity index (χ1v) is 12.0. The smallest absolute Gasteiger partial charge is 0.193 e. The maximum Gasteiger partial charge on any atom is 0.193 e. The molecule has 0 spiro atoms. The number of hydrogen-bond acceptors (Lipinski definition) is 3. The zero-order chi connectivity index (χ0) is 18.2. The summed E-state index contributed by atoms with van der Waals surface area (Å²) in [4.78, 5) is 4.60. The van der Waals surface area contributed by atoms with Crippen LogP contribution in [0.5, 0.6) is 0 Å². The van der Waals surface area contributed by atoms with Gasteiger partial charge >= 0.3 is 0 Å². The maximum absolute atomic E-state index is 13.3. The molecule has 1 aromatic rings. The summed E-state index contributed by atoms with van der Waals surface area (Å²) in [6, 6.07) is 8.95. The van der Waals surface area contributed by atoms with Gasteiger partial charge in [0.1, 0.15) is 10.4 Å². The van der Waals surface area contributed by atoms with Crippen molar-refractivity contribution in [3.63, 3.8) is 0 Å². The summed E-state index contributed by atoms with van der Waals surface area (Å²) in [7, 11) is -1.86. The number of nitrogens with zero attached hydrogens (tertiary/aromatic N) is 1. The molecule has 6 heteroatoms. The number of hydrogen-bond donors (Lipinski definition) is 1. The Morgan fingerprint density at radius 2 is 1.96 bits per heavy atom. The predicted octanol–water partition coefficient (Wildman–Crippen LogP) is 5.71. The molecule has 24 heavy (non-hydrogen) atoms. The van der Waals surface area contributed by atoms with Crippen LogP contribution in [0, 0.1) is 0 Å². The Kier molecular flexibility index (Phi) is 8.77. The fraction of sp³-hybridized carbons (Fsp3) is 0.611. The van der Waals surface area contributed by atoms with Gasteiger partial charge in [-0.15, -0.1) is 0 Å². The third-order valence-corrected chi connectivity index (χ3v) is 9.96. The van der Waals surface area contributed by atoms with Crippen LogP contribution in [0.3, 0.4) is 0 Å². The Balaban J connectivity index is 3.15. The molecule has 136 valence electrons. The first kappa shape index (κ1) is 21.5. The van der Waals surface area contributed by atoms with Gasteiger partial charge in [0, 0.05) is 0 Å². The molecule has 1 aromatic heterocycles. The predicted molar refractivity (Wildman–Crippen MR) is 103 cm³/mol. The van der Waals surface area contributed by atoms with E-state index in [0.717, 1.165) is 28.4 Å². The van der Waals surface area contributed by atoms with Gasteiger partial charge in [0.15, 0.2) is 8.32 Å². The van der Waals surface area contributed by atoms with E-state index in [4.69, 9.17) is 9.53 Å². The van der Waals surface area contributed by atoms with Crippen LogP contribution in [-0.2, 0) is 10.0 Å². The van der Waals surface area contributed by atoms with Gasteiger partial charge in [-0.1, -0.05) is 32.9 Å². The number of aliphatic hydroxyl groups is 1. The lowest BCUT2D eigenvalue weighted by Crippen LogP contribution is -2.44. The largest absolute Gasteiger partial charge is 0.406 e. The molecular formula is C18H29BrFNO2Si. The minimum absolute atomic E-state index is 0.496. The van der Waals surface area contributed by atoms with E-state index in [9.17, 15) is 4.39 Å². The van der Waals surface area contributed by atoms with E-state index in [2.05, 4.69) is 48.6 Å². The number of allylic oxidation sites excluding steroid dienone is 1. The Morgan fingerprint density at radius 3 is 2.46 bits per heavy atom. The highest BCUT2D eigenvalue weighted by molar-refractivity contribution is 9.10. The second-order valence-corrected chi connectivity index (χ2v) is 11.8. The molecular weight excluding hydrogens is 389 g/mol. The van der Waals surface area contributed by atoms with E-state index in [-0.39, 0.29) is 0 Å². The Bertz CT molecular complexity index is 543. The minimum Gasteiger partial charge on any atom is -0.406 e. The van der Waals surface area contributed by atoms with Gasteiger partial charge in [-0.05, 0) is 66.0 Å². The normalized spacial score (nSPS) is 15.4. The quantitative estimate of drug-likeness (QED) is 0.391. The van der Waals surface area contributed by atoms with Gasteiger partial charge in [0.2, 0.25) is 0 Å². The van der Waals surface area contributed by atoms with Gasteiger partial charge in [-0.3, -0.25) is 0 Å². The first-order chi connectivity index (χ1) is 11.3. The molecule has 1 heterocycles. The molecule has 0 saturated carbocycles. The molecule has 0 unspecified atom stereocenters. The zero-order valence-electron chi connectivity index (χ0n) is 15.1. The monoisotopic (exact) mass is 417 g/mol. The number of aromatic nitrogens is 1. The molecule has 0 amide bonds. The lowest BCUT2D eigenvalue weighted by atomic mass is 9.95. The van der Waals surface area contributed by atoms with Crippen molar-refractivity contribution in [2.24, 2.45) is 0 Å². The van der Waals surface area contributed by atoms with Crippen molar-refractivity contribution in [1.82, 2.24) is 4.98 Å². The van der Waals surface area contributed by atoms with E-state index in [1.807, 2.05) is 18.2 Å². The summed E-state index contributed by atoms with van der Waals surface area (Å²) >= 11 is 3.43. The Hall–Kier alpha value is -0.563. The molecule has 0 aliphatic heterocycles. The molecule has 0 aromatic carbocycles. The fourth-order valence-corrected chi connectivity index (χ4v) is 6.39. The van der Waals surface area contributed by atoms with E-state index < -0.39 is 26.4 Å². The molecule has 1 rings (SSSR count). The summed E-state index contributed by atoms with van der Waals surface area (Å²) in [5.41, 5.74) is 0.298. The number of pyridine rings is 1. The summed E-state index contributed by atoms with van der Waals surface area (Å²) in [6.45, 7) is 8.08. The number of rotatable bonds is 10. The highest BCUT2D eigenvalue weighted by Gasteiger charge is 2.39. The van der Waals surface area contributed by atoms with Crippen LogP contribution in [0.4, 0.5) is 4.39 Å². The van der Waals surface area contributed by atoms with E-state index in [1.165, 1.54) is 6.08 Å². The molecule has 3 nitrogen and oxygen atoms in total. The SMILES string of the molecule is CC[Si](CC)(CC)O[C@](C)(CC/C=C(\F)CO)c1cccc(Br)n1. The van der Waals surface area contributed by atoms with Gasteiger partial charge in [-0.25, -0.2) is 9.37 Å². The molecule has 0 fully saturated rings. The van der Waals surface area contributed by atoms with Crippen LogP contribution in [0.15, 0.2) is 34.7 Å². The summed E-state index contributed by atoms with van der Waals surface area (Å²) in [5.74, 6) is -0.496. The van der Waals surface area contributed by atoms with Crippen molar-refractivity contribution in [2.75, 3.05) is 6.61 Å². The summed E-state index contributed by atoms with van der Waals surface area (Å²) in [6.07, 6.45) is 2.56. The summed E-state index contributed by atoms with van der Waals surface area (Å²) in [5, 5.41) is 8.83. The van der Waals surface area contributed by atoms with Crippen LogP contribution in [0.25, 0.3) is 0 Å². The lowest BCUT2D eigenvalue weighted by Gasteiger charge is -2.40. The van der Waals surface area contributed by atoms with Crippen LogP contribution in [-0.4, -0.2) is 25.0 Å². The van der Waals surface area contributed by atoms with E-state index in [0.29, 0.717) is 12.8 Å². The van der Waals surface area contributed by atoms with Crippen molar-refractivity contribution < 1.29 is 13.9 Å². The highest BCUT2D eigenvalue weighted by Crippen LogP contribution is 2.37. The minimum atomic E-state index is -1.86. The zero-order valence-corrected chi connectivity index (χ0v) is 17.7. The van der Waals surface area contributed by atoms with E-state index >= 15 is 0 Å². The third-order valence-electron chi connectivity index (χ3n) is 4.77. The van der Waals surface area contributed by atoms with Crippen LogP contribution in [0.2, 0.25) is 18.1 Å². The average molecular weight is 418 g/mol. The van der Waals surface area contributed by atoms with Crippen molar-refractivity contribution in [3.05, 3.63) is 40.4 Å². The topological polar surface area (TPSA) is 42.4 Å². The number of halogens is 2. The van der Waals surface area contributed by atoms with Gasteiger partial charge in [0.05, 0.1) is 17.9 Å². The van der Waals surface area contributed by atoms with Gasteiger partial charge in [-0.2, -0.15) is 0 Å². The molecule has 1 N–H and O–H groups in total. The Labute approximate surface area is 154 Å². The standard InChI is InChI=1S/C18H29BrFNO2Si/c1-5-24(6-2,7-3)23-18(4,13-9-10-15(20)14-22)16-11-8-12-17(19)21-16/h8,10-12,22H,5-7,9,13-14H2,1-4H3/b15-10-/t18-/m1/s1. The van der Waals surface area contributed by atoms with Crippen LogP contribution in [0.1, 0.15) is 46.2 Å². The Morgan fingerprint density at radius 1 is 1.33 bits per heavy atom. The first-order valence-electron chi connectivity index (χ1n) is 8.63. The second-order valence-electron chi connectivity index (χ2n) is 6.27. The van der Waals surface area contributed by atoms with Crippen LogP contribution < -0.4 is 0 Å². The third kappa shape index (κ3) is 5.76. The lowest BCUT2D eigenvalue weighted by molar-refractivity contribution is 0.0596. The van der Waals surface area contributed by atoms with E-state index in [1.54, 1.807) is 0 Å². The molecule has 0 saturated heterocycles. The van der Waals surface area contributed by atoms with Gasteiger partial charge < -0.3 is 9.53 Å². The number of aliphatic hydroxyl groups excluding tert-OH is 1. The average Bonchev–Trinajstić information content (AvgIpc) is 2.59. The second kappa shape index (κ2) is 9.80. The molecule has 0 radical (unpaired) electrons. The van der Waals surface area contributed by atoms with Crippen molar-refractivity contribution in [3.8, 4) is 0 Å². The maximum atomic E-state index is 13.3.